The van der Waals surface area contributed by atoms with Crippen molar-refractivity contribution in [1.29, 1.82) is 0 Å². The van der Waals surface area contributed by atoms with Gasteiger partial charge in [-0.15, -0.1) is 10.2 Å². The zero-order valence-corrected chi connectivity index (χ0v) is 14.9. The third-order valence-electron chi connectivity index (χ3n) is 3.98. The van der Waals surface area contributed by atoms with Crippen LogP contribution < -0.4 is 5.76 Å². The fourth-order valence-electron chi connectivity index (χ4n) is 2.56. The molecule has 3 rings (SSSR count). The molecule has 0 saturated carbocycles. The number of carbonyl (C=O) groups is 1. The van der Waals surface area contributed by atoms with Gasteiger partial charge in [-0.25, -0.2) is 4.79 Å². The molecule has 26 heavy (non-hydrogen) atoms. The minimum Gasteiger partial charge on any atom is -0.386 e. The van der Waals surface area contributed by atoms with E-state index in [0.29, 0.717) is 24.5 Å². The van der Waals surface area contributed by atoms with Crippen molar-refractivity contribution in [2.45, 2.75) is 27.3 Å². The average Bonchev–Trinajstić information content (AvgIpc) is 3.20. The second-order valence-corrected chi connectivity index (χ2v) is 5.66. The van der Waals surface area contributed by atoms with Gasteiger partial charge in [0.15, 0.2) is 5.69 Å². The van der Waals surface area contributed by atoms with Crippen molar-refractivity contribution < 1.29 is 9.21 Å². The molecule has 0 radical (unpaired) electrons. The number of hydrogen-bond donors (Lipinski definition) is 0. The highest BCUT2D eigenvalue weighted by molar-refractivity contribution is 5.75. The van der Waals surface area contributed by atoms with Crippen LogP contribution in [0.2, 0.25) is 0 Å². The first kappa shape index (κ1) is 17.6. The lowest BCUT2D eigenvalue weighted by Gasteiger charge is -2.17. The molecule has 136 valence electrons. The minimum absolute atomic E-state index is 0.0435. The van der Waals surface area contributed by atoms with E-state index < -0.39 is 5.76 Å². The molecular formula is C17H20N6O3. The van der Waals surface area contributed by atoms with Crippen molar-refractivity contribution in [2.75, 3.05) is 13.1 Å². The number of hydrogen-bond acceptors (Lipinski definition) is 6. The quantitative estimate of drug-likeness (QED) is 0.659. The van der Waals surface area contributed by atoms with E-state index in [1.165, 1.54) is 4.80 Å². The van der Waals surface area contributed by atoms with Gasteiger partial charge >= 0.3 is 5.76 Å². The van der Waals surface area contributed by atoms with Crippen LogP contribution in [0.4, 0.5) is 0 Å². The van der Waals surface area contributed by atoms with Gasteiger partial charge in [0.25, 0.3) is 5.89 Å². The van der Waals surface area contributed by atoms with Crippen molar-refractivity contribution in [1.82, 2.24) is 29.7 Å². The maximum Gasteiger partial charge on any atom is 0.437 e. The predicted molar refractivity (Wildman–Crippen MR) is 93.8 cm³/mol. The molecule has 0 spiro atoms. The number of aromatic nitrogens is 5. The van der Waals surface area contributed by atoms with Crippen molar-refractivity contribution in [3.63, 3.8) is 0 Å². The number of para-hydroxylation sites is 1. The van der Waals surface area contributed by atoms with Gasteiger partial charge in [-0.1, -0.05) is 18.2 Å². The van der Waals surface area contributed by atoms with Gasteiger partial charge in [0, 0.05) is 13.1 Å². The smallest absolute Gasteiger partial charge is 0.386 e. The van der Waals surface area contributed by atoms with E-state index in [1.54, 1.807) is 11.8 Å². The molecule has 2 heterocycles. The van der Waals surface area contributed by atoms with Crippen molar-refractivity contribution in [2.24, 2.45) is 0 Å². The van der Waals surface area contributed by atoms with Crippen LogP contribution in [0.25, 0.3) is 17.3 Å². The lowest BCUT2D eigenvalue weighted by Crippen LogP contribution is -2.35. The van der Waals surface area contributed by atoms with E-state index in [2.05, 4.69) is 15.3 Å². The lowest BCUT2D eigenvalue weighted by atomic mass is 10.3. The molecular weight excluding hydrogens is 336 g/mol. The molecule has 3 aromatic rings. The van der Waals surface area contributed by atoms with Crippen LogP contribution in [-0.2, 0) is 11.3 Å². The number of likely N-dealkylation sites (N-methyl/N-ethyl adjacent to an activating group) is 1. The Kier molecular flexibility index (Phi) is 4.97. The second-order valence-electron chi connectivity index (χ2n) is 5.66. The summed E-state index contributed by atoms with van der Waals surface area (Å²) >= 11 is 0. The number of carbonyl (C=O) groups excluding carboxylic acids is 1. The van der Waals surface area contributed by atoms with Gasteiger partial charge in [0.05, 0.1) is 11.4 Å². The normalized spacial score (nSPS) is 10.9. The minimum atomic E-state index is -0.700. The molecule has 0 aliphatic rings. The summed E-state index contributed by atoms with van der Waals surface area (Å²) in [7, 11) is 0. The van der Waals surface area contributed by atoms with E-state index in [4.69, 9.17) is 4.42 Å². The Labute approximate surface area is 149 Å². The van der Waals surface area contributed by atoms with Gasteiger partial charge in [-0.05, 0) is 32.9 Å². The van der Waals surface area contributed by atoms with E-state index in [1.807, 2.05) is 44.2 Å². The van der Waals surface area contributed by atoms with Crippen molar-refractivity contribution in [3.8, 4) is 17.3 Å². The second kappa shape index (κ2) is 7.34. The molecule has 0 N–H and O–H groups in total. The molecule has 9 heteroatoms. The summed E-state index contributed by atoms with van der Waals surface area (Å²) in [6, 6.07) is 9.37. The third-order valence-corrected chi connectivity index (χ3v) is 3.98. The summed E-state index contributed by atoms with van der Waals surface area (Å²) in [5, 5.41) is 12.8. The Morgan fingerprint density at radius 3 is 2.46 bits per heavy atom. The van der Waals surface area contributed by atoms with Crippen LogP contribution in [-0.4, -0.2) is 48.7 Å². The Hall–Kier alpha value is -3.23. The number of rotatable bonds is 6. The molecule has 0 bridgehead atoms. The van der Waals surface area contributed by atoms with Gasteiger partial charge in [-0.3, -0.25) is 4.79 Å². The highest BCUT2D eigenvalue weighted by atomic mass is 16.4. The van der Waals surface area contributed by atoms with Crippen LogP contribution in [0, 0.1) is 6.92 Å². The molecule has 0 unspecified atom stereocenters. The van der Waals surface area contributed by atoms with Crippen molar-refractivity contribution in [3.05, 3.63) is 46.6 Å². The molecule has 0 aliphatic carbocycles. The molecule has 1 amide bonds. The number of aryl methyl sites for hydroxylation is 1. The largest absolute Gasteiger partial charge is 0.437 e. The topological polar surface area (TPSA) is 99.1 Å². The summed E-state index contributed by atoms with van der Waals surface area (Å²) in [6.07, 6.45) is 0. The fraction of sp³-hybridized carbons (Fsp3) is 0.353. The summed E-state index contributed by atoms with van der Waals surface area (Å²) in [4.78, 5) is 27.3. The van der Waals surface area contributed by atoms with E-state index in [-0.39, 0.29) is 18.3 Å². The molecule has 1 aromatic carbocycles. The first-order valence-corrected chi connectivity index (χ1v) is 8.39. The van der Waals surface area contributed by atoms with Crippen LogP contribution in [0.3, 0.4) is 0 Å². The van der Waals surface area contributed by atoms with Crippen LogP contribution in [0.15, 0.2) is 39.5 Å². The molecule has 0 atom stereocenters. The number of amides is 1. The van der Waals surface area contributed by atoms with Crippen molar-refractivity contribution >= 4 is 5.91 Å². The average molecular weight is 356 g/mol. The first-order chi connectivity index (χ1) is 12.5. The molecule has 0 saturated heterocycles. The standard InChI is InChI=1S/C17H20N6O3/c1-4-21(5-2)14(24)11-22-17(25)26-16(20-22)15-12(3)18-23(19-15)13-9-7-6-8-10-13/h6-10H,4-5,11H2,1-3H3. The zero-order chi connectivity index (χ0) is 18.7. The van der Waals surface area contributed by atoms with Gasteiger partial charge < -0.3 is 9.32 Å². The Morgan fingerprint density at radius 2 is 1.81 bits per heavy atom. The fourth-order valence-corrected chi connectivity index (χ4v) is 2.56. The monoisotopic (exact) mass is 356 g/mol. The predicted octanol–water partition coefficient (Wildman–Crippen LogP) is 1.26. The van der Waals surface area contributed by atoms with Gasteiger partial charge in [-0.2, -0.15) is 14.6 Å². The summed E-state index contributed by atoms with van der Waals surface area (Å²) in [6.45, 7) is 6.48. The molecule has 0 aliphatic heterocycles. The summed E-state index contributed by atoms with van der Waals surface area (Å²) in [5.41, 5.74) is 1.71. The molecule has 9 nitrogen and oxygen atoms in total. The SMILES string of the molecule is CCN(CC)C(=O)Cn1nc(-c2nn(-c3ccccc3)nc2C)oc1=O. The Balaban J connectivity index is 1.89. The van der Waals surface area contributed by atoms with Gasteiger partial charge in [0.1, 0.15) is 6.54 Å². The van der Waals surface area contributed by atoms with Crippen LogP contribution >= 0.6 is 0 Å². The third kappa shape index (κ3) is 3.41. The maximum atomic E-state index is 12.2. The number of nitrogens with zero attached hydrogens (tertiary/aromatic N) is 6. The lowest BCUT2D eigenvalue weighted by molar-refractivity contribution is -0.131. The zero-order valence-electron chi connectivity index (χ0n) is 14.9. The summed E-state index contributed by atoms with van der Waals surface area (Å²) in [5.74, 6) is -0.849. The number of benzene rings is 1. The Morgan fingerprint density at radius 1 is 1.12 bits per heavy atom. The maximum absolute atomic E-state index is 12.2. The highest BCUT2D eigenvalue weighted by Crippen LogP contribution is 2.17. The van der Waals surface area contributed by atoms with E-state index >= 15 is 0 Å². The first-order valence-electron chi connectivity index (χ1n) is 8.39. The molecule has 0 fully saturated rings. The van der Waals surface area contributed by atoms with E-state index in [9.17, 15) is 9.59 Å². The highest BCUT2D eigenvalue weighted by Gasteiger charge is 2.20. The summed E-state index contributed by atoms with van der Waals surface area (Å²) < 4.78 is 6.20. The van der Waals surface area contributed by atoms with Gasteiger partial charge in [0.2, 0.25) is 5.91 Å². The van der Waals surface area contributed by atoms with Crippen LogP contribution in [0.1, 0.15) is 19.5 Å². The van der Waals surface area contributed by atoms with E-state index in [0.717, 1.165) is 10.4 Å². The Bertz CT molecular complexity index is 953. The van der Waals surface area contributed by atoms with Crippen LogP contribution in [0.5, 0.6) is 0 Å². The molecule has 2 aromatic heterocycles.